The second-order valence-electron chi connectivity index (χ2n) is 4.90. The lowest BCUT2D eigenvalue weighted by Crippen LogP contribution is -2.14. The van der Waals surface area contributed by atoms with Crippen LogP contribution in [0.15, 0.2) is 54.9 Å². The predicted octanol–water partition coefficient (Wildman–Crippen LogP) is 3.79. The van der Waals surface area contributed by atoms with E-state index in [-0.39, 0.29) is 0 Å². The lowest BCUT2D eigenvalue weighted by molar-refractivity contribution is 0.693. The van der Waals surface area contributed by atoms with Crippen LogP contribution in [0.4, 0.5) is 0 Å². The predicted molar refractivity (Wildman–Crippen MR) is 87.8 cm³/mol. The smallest absolute Gasteiger partial charge is 0.0690 e. The van der Waals surface area contributed by atoms with E-state index in [1.54, 1.807) is 0 Å². The summed E-state index contributed by atoms with van der Waals surface area (Å²) in [6, 6.07) is 14.8. The van der Waals surface area contributed by atoms with Crippen molar-refractivity contribution in [2.75, 3.05) is 0 Å². The van der Waals surface area contributed by atoms with Gasteiger partial charge in [0.2, 0.25) is 0 Å². The van der Waals surface area contributed by atoms with Crippen LogP contribution in [-0.4, -0.2) is 9.78 Å². The molecule has 0 amide bonds. The Morgan fingerprint density at radius 3 is 2.67 bits per heavy atom. The van der Waals surface area contributed by atoms with Crippen molar-refractivity contribution in [2.45, 2.75) is 26.4 Å². The van der Waals surface area contributed by atoms with E-state index in [0.29, 0.717) is 0 Å². The topological polar surface area (TPSA) is 29.9 Å². The lowest BCUT2D eigenvalue weighted by Gasteiger charge is -2.10. The summed E-state index contributed by atoms with van der Waals surface area (Å²) in [6.45, 7) is 3.96. The van der Waals surface area contributed by atoms with Gasteiger partial charge in [-0.05, 0) is 36.2 Å². The van der Waals surface area contributed by atoms with Crippen LogP contribution < -0.4 is 5.32 Å². The Balaban J connectivity index is 1.65. The van der Waals surface area contributed by atoms with Crippen LogP contribution in [0.1, 0.15) is 22.2 Å². The molecule has 2 aromatic heterocycles. The number of benzene rings is 1. The van der Waals surface area contributed by atoms with Crippen LogP contribution >= 0.6 is 11.3 Å². The molecule has 4 heteroatoms. The first-order valence-electron chi connectivity index (χ1n) is 7.23. The third kappa shape index (κ3) is 3.40. The molecule has 2 heterocycles. The molecule has 0 aliphatic rings. The van der Waals surface area contributed by atoms with E-state index in [4.69, 9.17) is 0 Å². The molecule has 108 valence electrons. The monoisotopic (exact) mass is 297 g/mol. The van der Waals surface area contributed by atoms with Gasteiger partial charge in [-0.25, -0.2) is 4.68 Å². The van der Waals surface area contributed by atoms with Gasteiger partial charge in [-0.15, -0.1) is 11.3 Å². The summed E-state index contributed by atoms with van der Waals surface area (Å²) >= 11 is 1.89. The number of nitrogens with zero attached hydrogens (tertiary/aromatic N) is 2. The molecule has 21 heavy (non-hydrogen) atoms. The molecule has 0 bridgehead atoms. The number of aryl methyl sites for hydroxylation is 1. The van der Waals surface area contributed by atoms with Crippen LogP contribution in [0.25, 0.3) is 5.69 Å². The van der Waals surface area contributed by atoms with Crippen molar-refractivity contribution in [3.8, 4) is 5.69 Å². The van der Waals surface area contributed by atoms with Gasteiger partial charge in [0.05, 0.1) is 5.69 Å². The zero-order valence-corrected chi connectivity index (χ0v) is 12.9. The summed E-state index contributed by atoms with van der Waals surface area (Å²) in [5.41, 5.74) is 2.39. The van der Waals surface area contributed by atoms with E-state index in [2.05, 4.69) is 47.7 Å². The van der Waals surface area contributed by atoms with Crippen molar-refractivity contribution in [3.63, 3.8) is 0 Å². The van der Waals surface area contributed by atoms with Gasteiger partial charge in [0, 0.05) is 35.2 Å². The average molecular weight is 297 g/mol. The third-order valence-electron chi connectivity index (χ3n) is 3.42. The lowest BCUT2D eigenvalue weighted by atomic mass is 10.2. The van der Waals surface area contributed by atoms with Gasteiger partial charge < -0.3 is 5.32 Å². The molecule has 0 fully saturated rings. The van der Waals surface area contributed by atoms with Gasteiger partial charge in [0.1, 0.15) is 0 Å². The van der Waals surface area contributed by atoms with Crippen LogP contribution in [-0.2, 0) is 19.5 Å². The van der Waals surface area contributed by atoms with Crippen LogP contribution in [0.2, 0.25) is 0 Å². The Kier molecular flexibility index (Phi) is 4.48. The number of hydrogen-bond acceptors (Lipinski definition) is 3. The molecular weight excluding hydrogens is 278 g/mol. The normalized spacial score (nSPS) is 10.9. The van der Waals surface area contributed by atoms with E-state index < -0.39 is 0 Å². The highest BCUT2D eigenvalue weighted by atomic mass is 32.1. The van der Waals surface area contributed by atoms with Gasteiger partial charge in [-0.1, -0.05) is 25.1 Å². The quantitative estimate of drug-likeness (QED) is 0.750. The van der Waals surface area contributed by atoms with Crippen molar-refractivity contribution in [3.05, 3.63) is 70.2 Å². The fourth-order valence-corrected chi connectivity index (χ4v) is 3.25. The van der Waals surface area contributed by atoms with Crippen molar-refractivity contribution in [1.29, 1.82) is 0 Å². The number of para-hydroxylation sites is 1. The van der Waals surface area contributed by atoms with E-state index in [1.807, 2.05) is 40.5 Å². The molecule has 0 saturated heterocycles. The molecule has 3 nitrogen and oxygen atoms in total. The molecule has 0 aliphatic heterocycles. The zero-order chi connectivity index (χ0) is 14.5. The second kappa shape index (κ2) is 6.70. The van der Waals surface area contributed by atoms with Crippen molar-refractivity contribution in [1.82, 2.24) is 15.1 Å². The average Bonchev–Trinajstić information content (AvgIpc) is 3.19. The van der Waals surface area contributed by atoms with Crippen LogP contribution in [0, 0.1) is 0 Å². The molecular formula is C17H19N3S. The summed E-state index contributed by atoms with van der Waals surface area (Å²) in [5.74, 6) is 0. The van der Waals surface area contributed by atoms with Gasteiger partial charge in [0.15, 0.2) is 0 Å². The summed E-state index contributed by atoms with van der Waals surface area (Å²) in [6.07, 6.45) is 4.90. The standard InChI is InChI=1S/C17H19N3S/c1-2-15-8-9-16(21-15)13-18-12-14-6-3-4-7-17(14)20-11-5-10-19-20/h3-11,18H,2,12-13H2,1H3. The molecule has 1 N–H and O–H groups in total. The Hall–Kier alpha value is -1.91. The van der Waals surface area contributed by atoms with E-state index in [9.17, 15) is 0 Å². The summed E-state index contributed by atoms with van der Waals surface area (Å²) < 4.78 is 1.91. The zero-order valence-electron chi connectivity index (χ0n) is 12.1. The van der Waals surface area contributed by atoms with Gasteiger partial charge in [0.25, 0.3) is 0 Å². The highest BCUT2D eigenvalue weighted by molar-refractivity contribution is 7.11. The Bertz CT molecular complexity index is 686. The minimum absolute atomic E-state index is 0.843. The van der Waals surface area contributed by atoms with E-state index >= 15 is 0 Å². The van der Waals surface area contributed by atoms with Crippen molar-refractivity contribution in [2.24, 2.45) is 0 Å². The van der Waals surface area contributed by atoms with E-state index in [1.165, 1.54) is 15.3 Å². The molecule has 0 saturated carbocycles. The summed E-state index contributed by atoms with van der Waals surface area (Å²) in [7, 11) is 0. The fraction of sp³-hybridized carbons (Fsp3) is 0.235. The number of hydrogen-bond donors (Lipinski definition) is 1. The minimum Gasteiger partial charge on any atom is -0.308 e. The largest absolute Gasteiger partial charge is 0.308 e. The first-order valence-corrected chi connectivity index (χ1v) is 8.04. The van der Waals surface area contributed by atoms with E-state index in [0.717, 1.165) is 25.2 Å². The van der Waals surface area contributed by atoms with Crippen LogP contribution in [0.5, 0.6) is 0 Å². The molecule has 0 unspecified atom stereocenters. The minimum atomic E-state index is 0.843. The summed E-state index contributed by atoms with van der Waals surface area (Å²) in [5, 5.41) is 7.85. The first kappa shape index (κ1) is 14.0. The highest BCUT2D eigenvalue weighted by Gasteiger charge is 2.04. The summed E-state index contributed by atoms with van der Waals surface area (Å²) in [4.78, 5) is 2.84. The fourth-order valence-electron chi connectivity index (χ4n) is 2.32. The molecule has 3 rings (SSSR count). The van der Waals surface area contributed by atoms with Gasteiger partial charge in [-0.3, -0.25) is 0 Å². The second-order valence-corrected chi connectivity index (χ2v) is 6.16. The first-order chi connectivity index (χ1) is 10.4. The molecule has 0 spiro atoms. The molecule has 1 aromatic carbocycles. The Morgan fingerprint density at radius 1 is 1.05 bits per heavy atom. The molecule has 0 aliphatic carbocycles. The van der Waals surface area contributed by atoms with Gasteiger partial charge in [-0.2, -0.15) is 5.10 Å². The van der Waals surface area contributed by atoms with Crippen LogP contribution in [0.3, 0.4) is 0 Å². The SMILES string of the molecule is CCc1ccc(CNCc2ccccc2-n2cccn2)s1. The molecule has 3 aromatic rings. The maximum absolute atomic E-state index is 4.32. The number of rotatable bonds is 6. The maximum atomic E-state index is 4.32. The number of aromatic nitrogens is 2. The Labute approximate surface area is 129 Å². The highest BCUT2D eigenvalue weighted by Crippen LogP contribution is 2.17. The van der Waals surface area contributed by atoms with Crippen molar-refractivity contribution >= 4 is 11.3 Å². The maximum Gasteiger partial charge on any atom is 0.0690 e. The Morgan fingerprint density at radius 2 is 1.90 bits per heavy atom. The van der Waals surface area contributed by atoms with Gasteiger partial charge >= 0.3 is 0 Å². The van der Waals surface area contributed by atoms with Crippen molar-refractivity contribution < 1.29 is 0 Å². The molecule has 0 atom stereocenters. The third-order valence-corrected chi connectivity index (χ3v) is 4.65. The number of nitrogens with one attached hydrogen (secondary N) is 1. The molecule has 0 radical (unpaired) electrons. The number of thiophene rings is 1.